The van der Waals surface area contributed by atoms with Crippen LogP contribution >= 0.6 is 24.0 Å². The Morgan fingerprint density at radius 3 is 2.71 bits per heavy atom. The summed E-state index contributed by atoms with van der Waals surface area (Å²) in [6.45, 7) is 3.63. The van der Waals surface area contributed by atoms with Crippen molar-refractivity contribution in [1.29, 1.82) is 0 Å². The summed E-state index contributed by atoms with van der Waals surface area (Å²) in [5.74, 6) is 1.16. The number of carbonyl (C=O) groups excluding carboxylic acids is 1. The summed E-state index contributed by atoms with van der Waals surface area (Å²) in [6.07, 6.45) is 1.95. The number of likely N-dealkylation sites (tertiary alicyclic amines) is 1. The molecule has 0 bridgehead atoms. The molecule has 0 aliphatic carbocycles. The molecule has 1 aliphatic heterocycles. The highest BCUT2D eigenvalue weighted by Gasteiger charge is 2.24. The highest BCUT2D eigenvalue weighted by molar-refractivity contribution is 6.30. The lowest BCUT2D eigenvalue weighted by molar-refractivity contribution is -0.134. The number of nitrogens with two attached hydrogens (primary N) is 1. The standard InChI is InChI=1S/C15H21ClN2O2.ClH/c1-11(17)12-5-7-18(8-6-12)15(19)10-20-14-4-2-3-13(16)9-14;/h2-4,9,11-12H,5-8,10,17H2,1H3;1H. The molecule has 0 aromatic heterocycles. The number of halogens is 2. The van der Waals surface area contributed by atoms with Crippen LogP contribution in [0.3, 0.4) is 0 Å². The number of carbonyl (C=O) groups is 1. The van der Waals surface area contributed by atoms with Gasteiger partial charge in [0.15, 0.2) is 6.61 Å². The number of hydrogen-bond donors (Lipinski definition) is 1. The average molecular weight is 333 g/mol. The molecule has 1 heterocycles. The van der Waals surface area contributed by atoms with E-state index in [4.69, 9.17) is 22.1 Å². The summed E-state index contributed by atoms with van der Waals surface area (Å²) in [4.78, 5) is 13.9. The zero-order valence-electron chi connectivity index (χ0n) is 12.1. The minimum atomic E-state index is 0. The van der Waals surface area contributed by atoms with Crippen LogP contribution in [-0.4, -0.2) is 36.5 Å². The van der Waals surface area contributed by atoms with Crippen molar-refractivity contribution >= 4 is 29.9 Å². The van der Waals surface area contributed by atoms with Crippen molar-refractivity contribution in [3.63, 3.8) is 0 Å². The third-order valence-electron chi connectivity index (χ3n) is 3.79. The van der Waals surface area contributed by atoms with Gasteiger partial charge in [-0.15, -0.1) is 12.4 Å². The molecule has 2 N–H and O–H groups in total. The molecule has 1 fully saturated rings. The highest BCUT2D eigenvalue weighted by Crippen LogP contribution is 2.20. The van der Waals surface area contributed by atoms with Crippen LogP contribution in [0.4, 0.5) is 0 Å². The van der Waals surface area contributed by atoms with Gasteiger partial charge in [0.2, 0.25) is 0 Å². The van der Waals surface area contributed by atoms with E-state index in [9.17, 15) is 4.79 Å². The number of benzene rings is 1. The summed E-state index contributed by atoms with van der Waals surface area (Å²) < 4.78 is 5.48. The first-order chi connectivity index (χ1) is 9.56. The van der Waals surface area contributed by atoms with E-state index in [1.807, 2.05) is 11.8 Å². The van der Waals surface area contributed by atoms with E-state index in [1.165, 1.54) is 0 Å². The molecule has 1 aliphatic rings. The molecular weight excluding hydrogens is 311 g/mol. The van der Waals surface area contributed by atoms with Gasteiger partial charge in [-0.3, -0.25) is 4.79 Å². The van der Waals surface area contributed by atoms with E-state index in [0.717, 1.165) is 25.9 Å². The zero-order chi connectivity index (χ0) is 14.5. The first-order valence-corrected chi connectivity index (χ1v) is 7.36. The Hall–Kier alpha value is -0.970. The fraction of sp³-hybridized carbons (Fsp3) is 0.533. The summed E-state index contributed by atoms with van der Waals surface area (Å²) in [5, 5.41) is 0.604. The van der Waals surface area contributed by atoms with Crippen LogP contribution in [-0.2, 0) is 4.79 Å². The topological polar surface area (TPSA) is 55.6 Å². The summed E-state index contributed by atoms with van der Waals surface area (Å²) in [6, 6.07) is 7.28. The molecule has 1 aromatic carbocycles. The van der Waals surface area contributed by atoms with Gasteiger partial charge in [0, 0.05) is 24.2 Å². The predicted molar refractivity (Wildman–Crippen MR) is 87.1 cm³/mol. The fourth-order valence-corrected chi connectivity index (χ4v) is 2.65. The van der Waals surface area contributed by atoms with Crippen LogP contribution in [0, 0.1) is 5.92 Å². The van der Waals surface area contributed by atoms with Crippen molar-refractivity contribution in [2.75, 3.05) is 19.7 Å². The predicted octanol–water partition coefficient (Wildman–Crippen LogP) is 2.73. The van der Waals surface area contributed by atoms with E-state index in [1.54, 1.807) is 24.3 Å². The van der Waals surface area contributed by atoms with E-state index >= 15 is 0 Å². The number of nitrogens with zero attached hydrogens (tertiary/aromatic N) is 1. The van der Waals surface area contributed by atoms with Crippen molar-refractivity contribution in [1.82, 2.24) is 4.90 Å². The molecule has 6 heteroatoms. The summed E-state index contributed by atoms with van der Waals surface area (Å²) in [7, 11) is 0. The van der Waals surface area contributed by atoms with Crippen LogP contribution in [0.2, 0.25) is 5.02 Å². The maximum absolute atomic E-state index is 12.1. The normalized spacial score (nSPS) is 17.0. The Bertz CT molecular complexity index is 461. The lowest BCUT2D eigenvalue weighted by Gasteiger charge is -2.33. The van der Waals surface area contributed by atoms with Crippen molar-refractivity contribution in [3.05, 3.63) is 29.3 Å². The van der Waals surface area contributed by atoms with Gasteiger partial charge in [-0.1, -0.05) is 17.7 Å². The van der Waals surface area contributed by atoms with Gasteiger partial charge in [0.25, 0.3) is 5.91 Å². The van der Waals surface area contributed by atoms with Crippen molar-refractivity contribution in [2.24, 2.45) is 11.7 Å². The molecule has 1 aromatic rings. The van der Waals surface area contributed by atoms with Gasteiger partial charge in [0.1, 0.15) is 5.75 Å². The van der Waals surface area contributed by atoms with Gasteiger partial charge < -0.3 is 15.4 Å². The van der Waals surface area contributed by atoms with E-state index in [2.05, 4.69) is 0 Å². The molecule has 1 saturated heterocycles. The van der Waals surface area contributed by atoms with E-state index < -0.39 is 0 Å². The third-order valence-corrected chi connectivity index (χ3v) is 4.03. The van der Waals surface area contributed by atoms with Gasteiger partial charge >= 0.3 is 0 Å². The van der Waals surface area contributed by atoms with Crippen molar-refractivity contribution in [3.8, 4) is 5.75 Å². The fourth-order valence-electron chi connectivity index (χ4n) is 2.47. The van der Waals surface area contributed by atoms with Crippen LogP contribution in [0.15, 0.2) is 24.3 Å². The quantitative estimate of drug-likeness (QED) is 0.922. The third kappa shape index (κ3) is 5.38. The van der Waals surface area contributed by atoms with E-state index in [0.29, 0.717) is 16.7 Å². The number of ether oxygens (including phenoxy) is 1. The number of hydrogen-bond acceptors (Lipinski definition) is 3. The second kappa shape index (κ2) is 8.47. The molecule has 0 spiro atoms. The summed E-state index contributed by atoms with van der Waals surface area (Å²) in [5.41, 5.74) is 5.90. The maximum atomic E-state index is 12.1. The second-order valence-electron chi connectivity index (χ2n) is 5.32. The monoisotopic (exact) mass is 332 g/mol. The SMILES string of the molecule is CC(N)C1CCN(C(=O)COc2cccc(Cl)c2)CC1.Cl. The zero-order valence-corrected chi connectivity index (χ0v) is 13.7. The molecule has 0 saturated carbocycles. The lowest BCUT2D eigenvalue weighted by atomic mass is 9.91. The van der Waals surface area contributed by atoms with Crippen LogP contribution < -0.4 is 10.5 Å². The minimum Gasteiger partial charge on any atom is -0.484 e. The summed E-state index contributed by atoms with van der Waals surface area (Å²) >= 11 is 5.87. The highest BCUT2D eigenvalue weighted by atomic mass is 35.5. The molecule has 2 rings (SSSR count). The maximum Gasteiger partial charge on any atom is 0.260 e. The molecule has 1 atom stereocenters. The Morgan fingerprint density at radius 1 is 1.48 bits per heavy atom. The number of piperidine rings is 1. The van der Waals surface area contributed by atoms with Crippen LogP contribution in [0.5, 0.6) is 5.75 Å². The number of rotatable bonds is 4. The molecule has 1 unspecified atom stereocenters. The first-order valence-electron chi connectivity index (χ1n) is 6.98. The second-order valence-corrected chi connectivity index (χ2v) is 5.76. The van der Waals surface area contributed by atoms with Crippen molar-refractivity contribution < 1.29 is 9.53 Å². The Morgan fingerprint density at radius 2 is 2.14 bits per heavy atom. The van der Waals surface area contributed by atoms with Gasteiger partial charge in [0.05, 0.1) is 0 Å². The first kappa shape index (κ1) is 18.1. The van der Waals surface area contributed by atoms with Gasteiger partial charge in [-0.05, 0) is 43.9 Å². The molecular formula is C15H22Cl2N2O2. The average Bonchev–Trinajstić information content (AvgIpc) is 2.45. The molecule has 0 radical (unpaired) electrons. The smallest absolute Gasteiger partial charge is 0.260 e. The van der Waals surface area contributed by atoms with E-state index in [-0.39, 0.29) is 31.0 Å². The molecule has 118 valence electrons. The van der Waals surface area contributed by atoms with Crippen LogP contribution in [0.25, 0.3) is 0 Å². The largest absolute Gasteiger partial charge is 0.484 e. The molecule has 1 amide bonds. The number of amides is 1. The van der Waals surface area contributed by atoms with Crippen LogP contribution in [0.1, 0.15) is 19.8 Å². The van der Waals surface area contributed by atoms with Crippen molar-refractivity contribution in [2.45, 2.75) is 25.8 Å². The Balaban J connectivity index is 0.00000220. The molecule has 4 nitrogen and oxygen atoms in total. The Labute approximate surface area is 137 Å². The minimum absolute atomic E-state index is 0. The molecule has 21 heavy (non-hydrogen) atoms. The van der Waals surface area contributed by atoms with Gasteiger partial charge in [-0.25, -0.2) is 0 Å². The lowest BCUT2D eigenvalue weighted by Crippen LogP contribution is -2.44. The Kier molecular flexibility index (Phi) is 7.29. The van der Waals surface area contributed by atoms with Gasteiger partial charge in [-0.2, -0.15) is 0 Å².